The van der Waals surface area contributed by atoms with E-state index in [1.54, 1.807) is 25.1 Å². The summed E-state index contributed by atoms with van der Waals surface area (Å²) < 4.78 is 40.7. The SMILES string of the molecule is Cc1cc(S(=O)(=O)N2CCN(c3ccc(-c4ccc(Cl)cc4Cl)nn3)CC2)ccc1F. The first kappa shape index (κ1) is 22.0. The maximum absolute atomic E-state index is 13.5. The summed E-state index contributed by atoms with van der Waals surface area (Å²) >= 11 is 12.2. The summed E-state index contributed by atoms with van der Waals surface area (Å²) in [7, 11) is -3.68. The largest absolute Gasteiger partial charge is 0.352 e. The van der Waals surface area contributed by atoms with Crippen LogP contribution in [0.2, 0.25) is 10.0 Å². The lowest BCUT2D eigenvalue weighted by atomic mass is 10.1. The Kier molecular flexibility index (Phi) is 6.16. The van der Waals surface area contributed by atoms with Crippen LogP contribution in [-0.4, -0.2) is 49.1 Å². The smallest absolute Gasteiger partial charge is 0.243 e. The van der Waals surface area contributed by atoms with Gasteiger partial charge in [-0.3, -0.25) is 0 Å². The molecule has 0 bridgehead atoms. The summed E-state index contributed by atoms with van der Waals surface area (Å²) in [6.45, 7) is 3.08. The van der Waals surface area contributed by atoms with E-state index in [2.05, 4.69) is 10.2 Å². The highest BCUT2D eigenvalue weighted by molar-refractivity contribution is 7.89. The predicted molar refractivity (Wildman–Crippen MR) is 120 cm³/mol. The summed E-state index contributed by atoms with van der Waals surface area (Å²) in [6, 6.07) is 12.7. The van der Waals surface area contributed by atoms with Crippen LogP contribution < -0.4 is 4.90 Å². The molecule has 1 aromatic heterocycles. The van der Waals surface area contributed by atoms with Gasteiger partial charge in [0.25, 0.3) is 0 Å². The van der Waals surface area contributed by atoms with E-state index in [1.807, 2.05) is 17.0 Å². The number of hydrogen-bond donors (Lipinski definition) is 0. The molecular formula is C21H19Cl2FN4O2S. The van der Waals surface area contributed by atoms with Gasteiger partial charge in [-0.15, -0.1) is 10.2 Å². The maximum Gasteiger partial charge on any atom is 0.243 e. The van der Waals surface area contributed by atoms with Gasteiger partial charge in [-0.05, 0) is 61.0 Å². The number of piperazine rings is 1. The van der Waals surface area contributed by atoms with Crippen LogP contribution in [0.3, 0.4) is 0 Å². The first-order valence-corrected chi connectivity index (χ1v) is 11.8. The van der Waals surface area contributed by atoms with E-state index >= 15 is 0 Å². The lowest BCUT2D eigenvalue weighted by Gasteiger charge is -2.34. The fourth-order valence-corrected chi connectivity index (χ4v) is 5.43. The Morgan fingerprint density at radius 1 is 0.935 bits per heavy atom. The van der Waals surface area contributed by atoms with Crippen molar-refractivity contribution in [1.29, 1.82) is 0 Å². The molecule has 1 aliphatic rings. The van der Waals surface area contributed by atoms with E-state index in [4.69, 9.17) is 23.2 Å². The third kappa shape index (κ3) is 4.52. The molecule has 0 N–H and O–H groups in total. The lowest BCUT2D eigenvalue weighted by Crippen LogP contribution is -2.49. The van der Waals surface area contributed by atoms with Gasteiger partial charge in [-0.25, -0.2) is 12.8 Å². The van der Waals surface area contributed by atoms with Crippen LogP contribution in [0.5, 0.6) is 0 Å². The molecule has 0 atom stereocenters. The Balaban J connectivity index is 1.45. The van der Waals surface area contributed by atoms with Crippen molar-refractivity contribution in [2.45, 2.75) is 11.8 Å². The van der Waals surface area contributed by atoms with Crippen molar-refractivity contribution < 1.29 is 12.8 Å². The Morgan fingerprint density at radius 2 is 1.68 bits per heavy atom. The molecule has 0 aliphatic carbocycles. The zero-order valence-electron chi connectivity index (χ0n) is 16.6. The summed E-state index contributed by atoms with van der Waals surface area (Å²) in [5, 5.41) is 9.58. The third-order valence-corrected chi connectivity index (χ3v) is 7.63. The number of rotatable bonds is 4. The Labute approximate surface area is 190 Å². The molecule has 0 amide bonds. The maximum atomic E-state index is 13.5. The van der Waals surface area contributed by atoms with Gasteiger partial charge < -0.3 is 4.90 Å². The highest BCUT2D eigenvalue weighted by Gasteiger charge is 2.29. The summed E-state index contributed by atoms with van der Waals surface area (Å²) in [4.78, 5) is 2.08. The normalized spacial score (nSPS) is 15.3. The van der Waals surface area contributed by atoms with E-state index in [0.717, 1.165) is 5.56 Å². The Bertz CT molecular complexity index is 1210. The molecule has 2 aromatic carbocycles. The Morgan fingerprint density at radius 3 is 2.29 bits per heavy atom. The lowest BCUT2D eigenvalue weighted by molar-refractivity contribution is 0.383. The first-order chi connectivity index (χ1) is 14.8. The quantitative estimate of drug-likeness (QED) is 0.553. The fourth-order valence-electron chi connectivity index (χ4n) is 3.42. The van der Waals surface area contributed by atoms with Crippen LogP contribution in [0.1, 0.15) is 5.56 Å². The molecule has 162 valence electrons. The average Bonchev–Trinajstić information content (AvgIpc) is 2.76. The second-order valence-corrected chi connectivity index (χ2v) is 9.98. The minimum Gasteiger partial charge on any atom is -0.352 e. The van der Waals surface area contributed by atoms with E-state index in [9.17, 15) is 12.8 Å². The molecule has 0 saturated carbocycles. The highest BCUT2D eigenvalue weighted by atomic mass is 35.5. The van der Waals surface area contributed by atoms with E-state index in [1.165, 1.54) is 22.5 Å². The van der Waals surface area contributed by atoms with E-state index in [-0.39, 0.29) is 4.90 Å². The molecule has 1 saturated heterocycles. The summed E-state index contributed by atoms with van der Waals surface area (Å²) in [6.07, 6.45) is 0. The monoisotopic (exact) mass is 480 g/mol. The van der Waals surface area contributed by atoms with Crippen molar-refractivity contribution in [3.63, 3.8) is 0 Å². The number of aryl methyl sites for hydroxylation is 1. The van der Waals surface area contributed by atoms with Gasteiger partial charge in [-0.1, -0.05) is 23.2 Å². The number of sulfonamides is 1. The van der Waals surface area contributed by atoms with Crippen molar-refractivity contribution in [2.75, 3.05) is 31.1 Å². The molecular weight excluding hydrogens is 462 g/mol. The van der Waals surface area contributed by atoms with Crippen molar-refractivity contribution in [3.05, 3.63) is 70.0 Å². The predicted octanol–water partition coefficient (Wildman–Crippen LogP) is 4.41. The van der Waals surface area contributed by atoms with Crippen molar-refractivity contribution >= 4 is 39.0 Å². The molecule has 1 fully saturated rings. The number of anilines is 1. The van der Waals surface area contributed by atoms with Crippen LogP contribution in [0.15, 0.2) is 53.4 Å². The van der Waals surface area contributed by atoms with Gasteiger partial charge in [0, 0.05) is 36.8 Å². The minimum atomic E-state index is -3.68. The van der Waals surface area contributed by atoms with Crippen LogP contribution >= 0.6 is 23.2 Å². The molecule has 3 aromatic rings. The number of aromatic nitrogens is 2. The molecule has 10 heteroatoms. The van der Waals surface area contributed by atoms with Gasteiger partial charge in [0.1, 0.15) is 5.82 Å². The first-order valence-electron chi connectivity index (χ1n) is 9.56. The zero-order chi connectivity index (χ0) is 22.2. The molecule has 6 nitrogen and oxygen atoms in total. The van der Waals surface area contributed by atoms with Crippen LogP contribution in [0, 0.1) is 12.7 Å². The van der Waals surface area contributed by atoms with Gasteiger partial charge in [0.2, 0.25) is 10.0 Å². The molecule has 4 rings (SSSR count). The molecule has 1 aliphatic heterocycles. The number of halogens is 3. The van der Waals surface area contributed by atoms with E-state index < -0.39 is 15.8 Å². The summed E-state index contributed by atoms with van der Waals surface area (Å²) in [5.41, 5.74) is 1.66. The second-order valence-electron chi connectivity index (χ2n) is 7.20. The second kappa shape index (κ2) is 8.70. The number of hydrogen-bond acceptors (Lipinski definition) is 5. The summed E-state index contributed by atoms with van der Waals surface area (Å²) in [5.74, 6) is 0.231. The van der Waals surface area contributed by atoms with Gasteiger partial charge in [-0.2, -0.15) is 4.31 Å². The van der Waals surface area contributed by atoms with Crippen molar-refractivity contribution in [3.8, 4) is 11.3 Å². The number of nitrogens with zero attached hydrogens (tertiary/aromatic N) is 4. The molecule has 0 unspecified atom stereocenters. The van der Waals surface area contributed by atoms with Gasteiger partial charge >= 0.3 is 0 Å². The topological polar surface area (TPSA) is 66.4 Å². The van der Waals surface area contributed by atoms with Crippen LogP contribution in [0.25, 0.3) is 11.3 Å². The molecule has 0 radical (unpaired) electrons. The van der Waals surface area contributed by atoms with Crippen LogP contribution in [-0.2, 0) is 10.0 Å². The Hall–Kier alpha value is -2.26. The van der Waals surface area contributed by atoms with Gasteiger partial charge in [0.05, 0.1) is 15.6 Å². The minimum absolute atomic E-state index is 0.101. The van der Waals surface area contributed by atoms with E-state index in [0.29, 0.717) is 53.3 Å². The zero-order valence-corrected chi connectivity index (χ0v) is 18.9. The molecule has 31 heavy (non-hydrogen) atoms. The number of benzene rings is 2. The van der Waals surface area contributed by atoms with Gasteiger partial charge in [0.15, 0.2) is 5.82 Å². The standard InChI is InChI=1S/C21H19Cl2FN4O2S/c1-14-12-16(3-5-19(14)24)31(29,30)28-10-8-27(9-11-28)21-7-6-20(25-26-21)17-4-2-15(22)13-18(17)23/h2-7,12-13H,8-11H2,1H3. The molecule has 2 heterocycles. The third-order valence-electron chi connectivity index (χ3n) is 5.19. The van der Waals surface area contributed by atoms with Crippen molar-refractivity contribution in [1.82, 2.24) is 14.5 Å². The fraction of sp³-hybridized carbons (Fsp3) is 0.238. The van der Waals surface area contributed by atoms with Crippen molar-refractivity contribution in [2.24, 2.45) is 0 Å². The average molecular weight is 481 g/mol. The highest BCUT2D eigenvalue weighted by Crippen LogP contribution is 2.29. The molecule has 0 spiro atoms. The van der Waals surface area contributed by atoms with Crippen LogP contribution in [0.4, 0.5) is 10.2 Å².